The Labute approximate surface area is 144 Å². The molecule has 0 radical (unpaired) electrons. The molecular weight excluding hydrogens is 325 g/mol. The van der Waals surface area contributed by atoms with E-state index in [2.05, 4.69) is 16.0 Å². The van der Waals surface area contributed by atoms with Crippen molar-refractivity contribution in [3.05, 3.63) is 47.7 Å². The Morgan fingerprint density at radius 2 is 2.04 bits per heavy atom. The number of carbonyl (C=O) groups is 2. The van der Waals surface area contributed by atoms with Crippen LogP contribution in [0.1, 0.15) is 23.0 Å². The fraction of sp³-hybridized carbons (Fsp3) is 0.333. The summed E-state index contributed by atoms with van der Waals surface area (Å²) in [6.07, 6.45) is 1.40. The lowest BCUT2D eigenvalue weighted by Gasteiger charge is -2.31. The van der Waals surface area contributed by atoms with Crippen molar-refractivity contribution >= 4 is 23.2 Å². The van der Waals surface area contributed by atoms with Crippen molar-refractivity contribution in [2.24, 2.45) is 11.8 Å². The third-order valence-electron chi connectivity index (χ3n) is 4.52. The first-order valence-electron chi connectivity index (χ1n) is 8.12. The Morgan fingerprint density at radius 3 is 2.64 bits per heavy atom. The summed E-state index contributed by atoms with van der Waals surface area (Å²) in [5.74, 6) is -0.556. The molecule has 6 nitrogen and oxygen atoms in total. The maximum atomic E-state index is 14.0. The summed E-state index contributed by atoms with van der Waals surface area (Å²) >= 11 is 0. The van der Waals surface area contributed by atoms with Gasteiger partial charge in [-0.2, -0.15) is 0 Å². The molecule has 1 unspecified atom stereocenters. The number of hydrogen-bond acceptors (Lipinski definition) is 4. The first-order valence-corrected chi connectivity index (χ1v) is 8.12. The van der Waals surface area contributed by atoms with Crippen LogP contribution in [0.15, 0.2) is 34.9 Å². The summed E-state index contributed by atoms with van der Waals surface area (Å²) < 4.78 is 19.1. The Morgan fingerprint density at radius 1 is 1.28 bits per heavy atom. The molecule has 1 fully saturated rings. The third-order valence-corrected chi connectivity index (χ3v) is 4.52. The van der Waals surface area contributed by atoms with Crippen LogP contribution in [0.2, 0.25) is 0 Å². The molecule has 0 spiro atoms. The average Bonchev–Trinajstić information content (AvgIpc) is 2.95. The van der Waals surface area contributed by atoms with Crippen LogP contribution in [0.5, 0.6) is 0 Å². The molecule has 3 N–H and O–H groups in total. The standard InChI is InChI=1S/C18H20FN3O3/c1-10(12-8-20-9-12)17(23)21-13-3-4-15(19)16(7-13)22-18(24)14-5-6-25-11(14)2/h3-7,10,12,20H,8-9H2,1-2H3,(H,21,23)(H,22,24). The number of halogens is 1. The van der Waals surface area contributed by atoms with Crippen molar-refractivity contribution in [2.75, 3.05) is 23.7 Å². The van der Waals surface area contributed by atoms with E-state index in [1.54, 1.807) is 6.92 Å². The molecule has 0 bridgehead atoms. The van der Waals surface area contributed by atoms with E-state index in [0.29, 0.717) is 22.9 Å². The number of furan rings is 1. The molecule has 1 atom stereocenters. The maximum Gasteiger partial charge on any atom is 0.259 e. The number of anilines is 2. The Kier molecular flexibility index (Phi) is 4.85. The molecule has 1 aliphatic heterocycles. The van der Waals surface area contributed by atoms with Crippen molar-refractivity contribution in [3.63, 3.8) is 0 Å². The molecule has 2 heterocycles. The fourth-order valence-electron chi connectivity index (χ4n) is 2.64. The molecule has 25 heavy (non-hydrogen) atoms. The van der Waals surface area contributed by atoms with Gasteiger partial charge in [0, 0.05) is 11.6 Å². The number of carbonyl (C=O) groups excluding carboxylic acids is 2. The summed E-state index contributed by atoms with van der Waals surface area (Å²) in [6.45, 7) is 5.17. The number of rotatable bonds is 5. The Balaban J connectivity index is 1.70. The SMILES string of the molecule is Cc1occc1C(=O)Nc1cc(NC(=O)C(C)C2CNC2)ccc1F. The second-order valence-corrected chi connectivity index (χ2v) is 6.24. The minimum Gasteiger partial charge on any atom is -0.469 e. The van der Waals surface area contributed by atoms with E-state index in [1.807, 2.05) is 6.92 Å². The van der Waals surface area contributed by atoms with E-state index in [-0.39, 0.29) is 17.5 Å². The van der Waals surface area contributed by atoms with E-state index in [1.165, 1.54) is 30.5 Å². The van der Waals surface area contributed by atoms with Gasteiger partial charge in [0.05, 0.1) is 17.5 Å². The van der Waals surface area contributed by atoms with Gasteiger partial charge in [-0.1, -0.05) is 6.92 Å². The van der Waals surface area contributed by atoms with Gasteiger partial charge in [-0.05, 0) is 50.2 Å². The molecular formula is C18H20FN3O3. The maximum absolute atomic E-state index is 14.0. The van der Waals surface area contributed by atoms with Crippen LogP contribution in [-0.2, 0) is 4.79 Å². The molecule has 1 saturated heterocycles. The summed E-state index contributed by atoms with van der Waals surface area (Å²) in [5.41, 5.74) is 0.769. The lowest BCUT2D eigenvalue weighted by atomic mass is 9.88. The van der Waals surface area contributed by atoms with Crippen molar-refractivity contribution < 1.29 is 18.4 Å². The minimum atomic E-state index is -0.580. The first kappa shape index (κ1) is 17.2. The molecule has 2 aromatic rings. The minimum absolute atomic E-state index is 0.00126. The highest BCUT2D eigenvalue weighted by Crippen LogP contribution is 2.23. The molecule has 0 aliphatic carbocycles. The van der Waals surface area contributed by atoms with Gasteiger partial charge in [0.25, 0.3) is 5.91 Å². The highest BCUT2D eigenvalue weighted by Gasteiger charge is 2.28. The zero-order valence-corrected chi connectivity index (χ0v) is 14.1. The highest BCUT2D eigenvalue weighted by molar-refractivity contribution is 6.05. The third kappa shape index (κ3) is 3.71. The van der Waals surface area contributed by atoms with Crippen molar-refractivity contribution in [1.29, 1.82) is 0 Å². The predicted molar refractivity (Wildman–Crippen MR) is 92.0 cm³/mol. The van der Waals surface area contributed by atoms with E-state index >= 15 is 0 Å². The van der Waals surface area contributed by atoms with Gasteiger partial charge in [-0.15, -0.1) is 0 Å². The number of aryl methyl sites for hydroxylation is 1. The van der Waals surface area contributed by atoms with Crippen LogP contribution in [-0.4, -0.2) is 24.9 Å². The average molecular weight is 345 g/mol. The monoisotopic (exact) mass is 345 g/mol. The van der Waals surface area contributed by atoms with Crippen molar-refractivity contribution in [2.45, 2.75) is 13.8 Å². The zero-order chi connectivity index (χ0) is 18.0. The molecule has 3 rings (SSSR count). The summed E-state index contributed by atoms with van der Waals surface area (Å²) in [5, 5.41) is 8.41. The number of benzene rings is 1. The van der Waals surface area contributed by atoms with Crippen LogP contribution >= 0.6 is 0 Å². The van der Waals surface area contributed by atoms with Crippen LogP contribution in [0, 0.1) is 24.6 Å². The lowest BCUT2D eigenvalue weighted by Crippen LogP contribution is -2.48. The van der Waals surface area contributed by atoms with Gasteiger partial charge in [-0.25, -0.2) is 4.39 Å². The molecule has 1 aromatic carbocycles. The smallest absolute Gasteiger partial charge is 0.259 e. The van der Waals surface area contributed by atoms with Gasteiger partial charge in [0.1, 0.15) is 11.6 Å². The quantitative estimate of drug-likeness (QED) is 0.778. The topological polar surface area (TPSA) is 83.4 Å². The van der Waals surface area contributed by atoms with E-state index < -0.39 is 11.7 Å². The van der Waals surface area contributed by atoms with Gasteiger partial charge < -0.3 is 20.4 Å². The first-order chi connectivity index (χ1) is 12.0. The molecule has 132 valence electrons. The summed E-state index contributed by atoms with van der Waals surface area (Å²) in [4.78, 5) is 24.5. The molecule has 1 aromatic heterocycles. The Hall–Kier alpha value is -2.67. The molecule has 7 heteroatoms. The number of hydrogen-bond donors (Lipinski definition) is 3. The number of nitrogens with one attached hydrogen (secondary N) is 3. The van der Waals surface area contributed by atoms with E-state index in [4.69, 9.17) is 4.42 Å². The van der Waals surface area contributed by atoms with Crippen LogP contribution < -0.4 is 16.0 Å². The van der Waals surface area contributed by atoms with Gasteiger partial charge >= 0.3 is 0 Å². The van der Waals surface area contributed by atoms with Crippen LogP contribution in [0.25, 0.3) is 0 Å². The summed E-state index contributed by atoms with van der Waals surface area (Å²) in [6, 6.07) is 5.61. The lowest BCUT2D eigenvalue weighted by molar-refractivity contribution is -0.121. The number of amides is 2. The van der Waals surface area contributed by atoms with Gasteiger partial charge in [-0.3, -0.25) is 9.59 Å². The van der Waals surface area contributed by atoms with Crippen molar-refractivity contribution in [3.8, 4) is 0 Å². The van der Waals surface area contributed by atoms with Crippen LogP contribution in [0.3, 0.4) is 0 Å². The van der Waals surface area contributed by atoms with Gasteiger partial charge in [0.2, 0.25) is 5.91 Å². The zero-order valence-electron chi connectivity index (χ0n) is 14.1. The van der Waals surface area contributed by atoms with E-state index in [9.17, 15) is 14.0 Å². The second-order valence-electron chi connectivity index (χ2n) is 6.24. The largest absolute Gasteiger partial charge is 0.469 e. The summed E-state index contributed by atoms with van der Waals surface area (Å²) in [7, 11) is 0. The predicted octanol–water partition coefficient (Wildman–Crippen LogP) is 2.77. The van der Waals surface area contributed by atoms with Crippen LogP contribution in [0.4, 0.5) is 15.8 Å². The van der Waals surface area contributed by atoms with Crippen molar-refractivity contribution in [1.82, 2.24) is 5.32 Å². The second kappa shape index (κ2) is 7.06. The normalized spacial score (nSPS) is 15.3. The fourth-order valence-corrected chi connectivity index (χ4v) is 2.64. The van der Waals surface area contributed by atoms with Gasteiger partial charge in [0.15, 0.2) is 0 Å². The molecule has 0 saturated carbocycles. The molecule has 1 aliphatic rings. The van der Waals surface area contributed by atoms with E-state index in [0.717, 1.165) is 13.1 Å². The molecule has 2 amide bonds. The highest BCUT2D eigenvalue weighted by atomic mass is 19.1. The Bertz CT molecular complexity index is 799.